The number of methoxy groups -OCH3 is 1. The van der Waals surface area contributed by atoms with Crippen molar-refractivity contribution in [2.24, 2.45) is 0 Å². The van der Waals surface area contributed by atoms with Gasteiger partial charge in [0.15, 0.2) is 0 Å². The molecule has 4 rings (SSSR count). The Balaban J connectivity index is 1.50. The maximum atomic E-state index is 12.0. The van der Waals surface area contributed by atoms with E-state index in [4.69, 9.17) is 4.74 Å². The lowest BCUT2D eigenvalue weighted by atomic mass is 9.83. The number of hydrogen-bond donors (Lipinski definition) is 1. The molecule has 2 aromatic carbocycles. The molecule has 1 heterocycles. The van der Waals surface area contributed by atoms with Crippen LogP contribution in [0, 0.1) is 6.92 Å². The zero-order valence-corrected chi connectivity index (χ0v) is 18.2. The SMILES string of the molecule is COC(=O)c1ccncc1NC[C@H]1CCCc2cc(Sc3ccccc3C)ccc21. The summed E-state index contributed by atoms with van der Waals surface area (Å²) in [5, 5.41) is 3.43. The number of carbonyl (C=O) groups is 1. The van der Waals surface area contributed by atoms with Gasteiger partial charge in [-0.2, -0.15) is 0 Å². The first kappa shape index (κ1) is 20.5. The summed E-state index contributed by atoms with van der Waals surface area (Å²) in [4.78, 5) is 18.8. The topological polar surface area (TPSA) is 51.2 Å². The average Bonchev–Trinajstić information content (AvgIpc) is 2.78. The van der Waals surface area contributed by atoms with Crippen LogP contribution in [0.3, 0.4) is 0 Å². The number of benzene rings is 2. The Morgan fingerprint density at radius 1 is 1.23 bits per heavy atom. The van der Waals surface area contributed by atoms with E-state index in [0.717, 1.165) is 25.1 Å². The number of pyridine rings is 1. The van der Waals surface area contributed by atoms with Gasteiger partial charge >= 0.3 is 5.97 Å². The van der Waals surface area contributed by atoms with Gasteiger partial charge in [0.1, 0.15) is 0 Å². The molecular formula is C25H26N2O2S. The highest BCUT2D eigenvalue weighted by Gasteiger charge is 2.21. The Hall–Kier alpha value is -2.79. The fourth-order valence-corrected chi connectivity index (χ4v) is 4.99. The fraction of sp³-hybridized carbons (Fsp3) is 0.280. The van der Waals surface area contributed by atoms with Crippen LogP contribution in [-0.4, -0.2) is 24.6 Å². The molecule has 3 aromatic rings. The zero-order chi connectivity index (χ0) is 20.9. The highest BCUT2D eigenvalue weighted by molar-refractivity contribution is 7.99. The second kappa shape index (κ2) is 9.35. The van der Waals surface area contributed by atoms with Crippen LogP contribution in [-0.2, 0) is 11.2 Å². The standard InChI is InChI=1S/C25H26N2O2S/c1-17-6-3-4-9-24(17)30-20-10-11-21-18(14-20)7-5-8-19(21)15-27-23-16-26-13-12-22(23)25(28)29-2/h3-4,6,9-14,16,19,27H,5,7-8,15H2,1-2H3/t19-/m1/s1. The van der Waals surface area contributed by atoms with Gasteiger partial charge in [-0.25, -0.2) is 4.79 Å². The molecule has 0 saturated carbocycles. The number of nitrogens with zero attached hydrogens (tertiary/aromatic N) is 1. The molecule has 0 radical (unpaired) electrons. The van der Waals surface area contributed by atoms with Crippen molar-refractivity contribution in [1.29, 1.82) is 0 Å². The molecular weight excluding hydrogens is 392 g/mol. The Morgan fingerprint density at radius 2 is 2.10 bits per heavy atom. The van der Waals surface area contributed by atoms with Crippen molar-refractivity contribution >= 4 is 23.4 Å². The Bertz CT molecular complexity index is 1050. The number of rotatable bonds is 6. The molecule has 0 fully saturated rings. The molecule has 0 spiro atoms. The Kier molecular flexibility index (Phi) is 6.38. The lowest BCUT2D eigenvalue weighted by molar-refractivity contribution is 0.0601. The molecule has 0 aliphatic heterocycles. The van der Waals surface area contributed by atoms with E-state index in [1.165, 1.54) is 40.0 Å². The van der Waals surface area contributed by atoms with Gasteiger partial charge in [0.2, 0.25) is 0 Å². The number of anilines is 1. The molecule has 1 aliphatic rings. The van der Waals surface area contributed by atoms with Gasteiger partial charge in [0.25, 0.3) is 0 Å². The normalized spacial score (nSPS) is 15.3. The number of fused-ring (bicyclic) bond motifs is 1. The van der Waals surface area contributed by atoms with Crippen molar-refractivity contribution in [1.82, 2.24) is 4.98 Å². The third-order valence-electron chi connectivity index (χ3n) is 5.64. The van der Waals surface area contributed by atoms with E-state index in [9.17, 15) is 4.79 Å². The highest BCUT2D eigenvalue weighted by atomic mass is 32.2. The maximum absolute atomic E-state index is 12.0. The van der Waals surface area contributed by atoms with Gasteiger partial charge in [0, 0.05) is 28.5 Å². The zero-order valence-electron chi connectivity index (χ0n) is 17.4. The molecule has 1 aromatic heterocycles. The van der Waals surface area contributed by atoms with Crippen molar-refractivity contribution in [2.45, 2.75) is 41.9 Å². The van der Waals surface area contributed by atoms with E-state index in [1.807, 2.05) is 11.8 Å². The number of nitrogens with one attached hydrogen (secondary N) is 1. The molecule has 5 heteroatoms. The quantitative estimate of drug-likeness (QED) is 0.508. The minimum absolute atomic E-state index is 0.346. The van der Waals surface area contributed by atoms with Crippen molar-refractivity contribution in [3.63, 3.8) is 0 Å². The summed E-state index contributed by atoms with van der Waals surface area (Å²) in [6.07, 6.45) is 6.74. The molecule has 154 valence electrons. The highest BCUT2D eigenvalue weighted by Crippen LogP contribution is 2.37. The molecule has 0 amide bonds. The van der Waals surface area contributed by atoms with Gasteiger partial charge < -0.3 is 10.1 Å². The molecule has 1 atom stereocenters. The van der Waals surface area contributed by atoms with Gasteiger partial charge in [-0.1, -0.05) is 36.0 Å². The molecule has 1 N–H and O–H groups in total. The van der Waals surface area contributed by atoms with E-state index in [1.54, 1.807) is 18.5 Å². The number of aryl methyl sites for hydroxylation is 2. The van der Waals surface area contributed by atoms with Crippen molar-refractivity contribution < 1.29 is 9.53 Å². The molecule has 0 unspecified atom stereocenters. The predicted octanol–water partition coefficient (Wildman–Crippen LogP) is 5.86. The van der Waals surface area contributed by atoms with Crippen molar-refractivity contribution in [2.75, 3.05) is 19.0 Å². The number of carbonyl (C=O) groups excluding carboxylic acids is 1. The molecule has 0 bridgehead atoms. The van der Waals surface area contributed by atoms with Gasteiger partial charge in [-0.3, -0.25) is 4.98 Å². The van der Waals surface area contributed by atoms with Crippen LogP contribution in [0.2, 0.25) is 0 Å². The molecule has 0 saturated heterocycles. The summed E-state index contributed by atoms with van der Waals surface area (Å²) in [7, 11) is 1.40. The fourth-order valence-electron chi connectivity index (χ4n) is 4.02. The first-order valence-corrected chi connectivity index (χ1v) is 11.1. The summed E-state index contributed by atoms with van der Waals surface area (Å²) in [5.41, 5.74) is 5.40. The van der Waals surface area contributed by atoms with Crippen LogP contribution in [0.5, 0.6) is 0 Å². The Morgan fingerprint density at radius 3 is 2.93 bits per heavy atom. The minimum Gasteiger partial charge on any atom is -0.465 e. The first-order valence-electron chi connectivity index (χ1n) is 10.3. The van der Waals surface area contributed by atoms with E-state index >= 15 is 0 Å². The maximum Gasteiger partial charge on any atom is 0.340 e. The average molecular weight is 419 g/mol. The summed E-state index contributed by atoms with van der Waals surface area (Å²) >= 11 is 1.83. The number of ether oxygens (including phenoxy) is 1. The van der Waals surface area contributed by atoms with E-state index in [0.29, 0.717) is 11.5 Å². The summed E-state index contributed by atoms with van der Waals surface area (Å²) < 4.78 is 4.89. The van der Waals surface area contributed by atoms with Crippen LogP contribution in [0.15, 0.2) is 70.7 Å². The number of aromatic nitrogens is 1. The smallest absolute Gasteiger partial charge is 0.340 e. The number of hydrogen-bond acceptors (Lipinski definition) is 5. The van der Waals surface area contributed by atoms with Gasteiger partial charge in [-0.15, -0.1) is 0 Å². The second-order valence-corrected chi connectivity index (χ2v) is 8.73. The molecule has 1 aliphatic carbocycles. The van der Waals surface area contributed by atoms with Crippen LogP contribution in [0.1, 0.15) is 45.8 Å². The lowest BCUT2D eigenvalue weighted by Crippen LogP contribution is -2.19. The third kappa shape index (κ3) is 4.51. The largest absolute Gasteiger partial charge is 0.465 e. The molecule has 4 nitrogen and oxygen atoms in total. The van der Waals surface area contributed by atoms with Crippen molar-refractivity contribution in [3.8, 4) is 0 Å². The monoisotopic (exact) mass is 418 g/mol. The van der Waals surface area contributed by atoms with E-state index in [-0.39, 0.29) is 5.97 Å². The van der Waals surface area contributed by atoms with E-state index < -0.39 is 0 Å². The van der Waals surface area contributed by atoms with Gasteiger partial charge in [0.05, 0.1) is 24.6 Å². The summed E-state index contributed by atoms with van der Waals surface area (Å²) in [6, 6.07) is 17.1. The minimum atomic E-state index is -0.346. The summed E-state index contributed by atoms with van der Waals surface area (Å²) in [6.45, 7) is 2.93. The van der Waals surface area contributed by atoms with E-state index in [2.05, 4.69) is 59.7 Å². The van der Waals surface area contributed by atoms with Crippen LogP contribution in [0.25, 0.3) is 0 Å². The lowest BCUT2D eigenvalue weighted by Gasteiger charge is -2.27. The van der Waals surface area contributed by atoms with Gasteiger partial charge in [-0.05, 0) is 67.1 Å². The second-order valence-electron chi connectivity index (χ2n) is 7.61. The van der Waals surface area contributed by atoms with Crippen LogP contribution < -0.4 is 5.32 Å². The number of esters is 1. The third-order valence-corrected chi connectivity index (χ3v) is 6.81. The Labute approximate surface area is 182 Å². The van der Waals surface area contributed by atoms with Crippen LogP contribution >= 0.6 is 11.8 Å². The predicted molar refractivity (Wildman–Crippen MR) is 121 cm³/mol. The van der Waals surface area contributed by atoms with Crippen molar-refractivity contribution in [3.05, 3.63) is 83.2 Å². The van der Waals surface area contributed by atoms with Crippen LogP contribution in [0.4, 0.5) is 5.69 Å². The summed E-state index contributed by atoms with van der Waals surface area (Å²) in [5.74, 6) is 0.0683. The first-order chi connectivity index (χ1) is 14.7. The molecule has 30 heavy (non-hydrogen) atoms.